The van der Waals surface area contributed by atoms with Gasteiger partial charge in [0.25, 0.3) is 0 Å². The molecule has 2 aromatic rings. The number of nitrogens with one attached hydrogen (secondary N) is 2. The molecule has 7 heteroatoms. The van der Waals surface area contributed by atoms with E-state index in [-0.39, 0.29) is 0 Å². The second-order valence-corrected chi connectivity index (χ2v) is 6.55. The summed E-state index contributed by atoms with van der Waals surface area (Å²) in [6, 6.07) is 11.8. The number of nitrogens with zero attached hydrogens (tertiary/aromatic N) is 1. The van der Waals surface area contributed by atoms with Crippen LogP contribution in [-0.4, -0.2) is 54.0 Å². The Hall–Kier alpha value is -3.09. The summed E-state index contributed by atoms with van der Waals surface area (Å²) in [4.78, 5) is 4.69. The van der Waals surface area contributed by atoms with E-state index in [0.717, 1.165) is 48.3 Å². The van der Waals surface area contributed by atoms with Gasteiger partial charge in [-0.2, -0.15) is 0 Å². The maximum atomic E-state index is 5.52. The Bertz CT molecular complexity index is 782. The highest BCUT2D eigenvalue weighted by Gasteiger charge is 2.13. The zero-order valence-corrected chi connectivity index (χ0v) is 18.6. The molecule has 0 saturated heterocycles. The van der Waals surface area contributed by atoms with E-state index < -0.39 is 0 Å². The monoisotopic (exact) mass is 415 g/mol. The van der Waals surface area contributed by atoms with Gasteiger partial charge < -0.3 is 29.6 Å². The molecule has 0 heterocycles. The van der Waals surface area contributed by atoms with Crippen LogP contribution in [0.25, 0.3) is 0 Å². The Morgan fingerprint density at radius 3 is 1.97 bits per heavy atom. The number of guanidine groups is 1. The van der Waals surface area contributed by atoms with Crippen molar-refractivity contribution in [3.8, 4) is 23.0 Å². The molecule has 0 radical (unpaired) electrons. The molecule has 164 valence electrons. The van der Waals surface area contributed by atoms with E-state index in [9.17, 15) is 0 Å². The second-order valence-electron chi connectivity index (χ2n) is 6.55. The molecule has 0 unspecified atom stereocenters. The Morgan fingerprint density at radius 1 is 0.800 bits per heavy atom. The van der Waals surface area contributed by atoms with Crippen molar-refractivity contribution in [3.05, 3.63) is 47.5 Å². The molecular weight excluding hydrogens is 382 g/mol. The lowest BCUT2D eigenvalue weighted by Crippen LogP contribution is -2.38. The summed E-state index contributed by atoms with van der Waals surface area (Å²) in [7, 11) is 6.59. The van der Waals surface area contributed by atoms with Crippen LogP contribution in [0.2, 0.25) is 0 Å². The van der Waals surface area contributed by atoms with Crippen molar-refractivity contribution < 1.29 is 18.9 Å². The fraction of sp³-hybridized carbons (Fsp3) is 0.435. The molecule has 0 aliphatic carbocycles. The van der Waals surface area contributed by atoms with E-state index in [1.807, 2.05) is 24.3 Å². The van der Waals surface area contributed by atoms with Crippen LogP contribution >= 0.6 is 0 Å². The Morgan fingerprint density at radius 2 is 1.43 bits per heavy atom. The van der Waals surface area contributed by atoms with E-state index in [0.29, 0.717) is 18.7 Å². The molecule has 7 nitrogen and oxygen atoms in total. The summed E-state index contributed by atoms with van der Waals surface area (Å²) in [5.74, 6) is 3.82. The highest BCUT2D eigenvalue weighted by Crippen LogP contribution is 2.34. The lowest BCUT2D eigenvalue weighted by Gasteiger charge is -2.15. The Labute approximate surface area is 179 Å². The van der Waals surface area contributed by atoms with Gasteiger partial charge in [0.1, 0.15) is 23.0 Å². The van der Waals surface area contributed by atoms with Gasteiger partial charge in [-0.25, -0.2) is 0 Å². The number of methoxy groups -OCH3 is 4. The maximum Gasteiger partial charge on any atom is 0.191 e. The number of ether oxygens (including phenoxy) is 4. The summed E-state index contributed by atoms with van der Waals surface area (Å²) >= 11 is 0. The van der Waals surface area contributed by atoms with Crippen molar-refractivity contribution in [2.75, 3.05) is 48.1 Å². The first kappa shape index (κ1) is 23.2. The maximum absolute atomic E-state index is 5.52. The summed E-state index contributed by atoms with van der Waals surface area (Å²) in [6.45, 7) is 4.23. The largest absolute Gasteiger partial charge is 0.497 e. The highest BCUT2D eigenvalue weighted by atomic mass is 16.5. The van der Waals surface area contributed by atoms with Gasteiger partial charge in [-0.3, -0.25) is 4.99 Å². The van der Waals surface area contributed by atoms with Gasteiger partial charge in [0, 0.05) is 37.3 Å². The standard InChI is InChI=1S/C23H33N3O4/c1-6-24-23(25-13-11-17-7-9-18(27-2)10-8-17)26-14-12-20-21(29-4)15-19(28-3)16-22(20)30-5/h7-10,15-16H,6,11-14H2,1-5H3,(H2,24,25,26). The molecule has 2 aromatic carbocycles. The molecule has 0 spiro atoms. The summed E-state index contributed by atoms with van der Waals surface area (Å²) in [6.07, 6.45) is 1.58. The SMILES string of the molecule is CCNC(=NCCc1c(OC)cc(OC)cc1OC)NCCc1ccc(OC)cc1. The molecule has 0 aliphatic heterocycles. The minimum atomic E-state index is 0.594. The van der Waals surface area contributed by atoms with Crippen molar-refractivity contribution in [2.24, 2.45) is 4.99 Å². The predicted octanol–water partition coefficient (Wildman–Crippen LogP) is 3.06. The number of benzene rings is 2. The van der Waals surface area contributed by atoms with Crippen LogP contribution in [0, 0.1) is 0 Å². The normalized spacial score (nSPS) is 11.0. The van der Waals surface area contributed by atoms with Gasteiger partial charge in [0.05, 0.1) is 28.4 Å². The number of hydrogen-bond donors (Lipinski definition) is 2. The molecule has 0 aromatic heterocycles. The lowest BCUT2D eigenvalue weighted by atomic mass is 10.1. The summed E-state index contributed by atoms with van der Waals surface area (Å²) in [5, 5.41) is 6.67. The molecular formula is C23H33N3O4. The number of aliphatic imine (C=N–C) groups is 1. The summed E-state index contributed by atoms with van der Waals surface area (Å²) in [5.41, 5.74) is 2.21. The van der Waals surface area contributed by atoms with E-state index >= 15 is 0 Å². The van der Waals surface area contributed by atoms with Gasteiger partial charge in [0.15, 0.2) is 5.96 Å². The molecule has 30 heavy (non-hydrogen) atoms. The molecule has 0 atom stereocenters. The molecule has 2 rings (SSSR count). The average molecular weight is 416 g/mol. The van der Waals surface area contributed by atoms with Gasteiger partial charge in [-0.15, -0.1) is 0 Å². The molecule has 0 amide bonds. The van der Waals surface area contributed by atoms with Crippen LogP contribution in [0.4, 0.5) is 0 Å². The minimum absolute atomic E-state index is 0.594. The van der Waals surface area contributed by atoms with Crippen molar-refractivity contribution in [2.45, 2.75) is 19.8 Å². The smallest absolute Gasteiger partial charge is 0.191 e. The fourth-order valence-corrected chi connectivity index (χ4v) is 3.06. The van der Waals surface area contributed by atoms with E-state index in [1.54, 1.807) is 28.4 Å². The number of hydrogen-bond acceptors (Lipinski definition) is 5. The average Bonchev–Trinajstić information content (AvgIpc) is 2.79. The number of rotatable bonds is 11. The van der Waals surface area contributed by atoms with Crippen LogP contribution in [-0.2, 0) is 12.8 Å². The van der Waals surface area contributed by atoms with Crippen LogP contribution in [0.3, 0.4) is 0 Å². The van der Waals surface area contributed by atoms with Crippen LogP contribution < -0.4 is 29.6 Å². The van der Waals surface area contributed by atoms with Crippen molar-refractivity contribution >= 4 is 5.96 Å². The third-order valence-electron chi connectivity index (χ3n) is 4.66. The van der Waals surface area contributed by atoms with Gasteiger partial charge in [0.2, 0.25) is 0 Å². The Kier molecular flexibility index (Phi) is 9.64. The molecule has 0 bridgehead atoms. The quantitative estimate of drug-likeness (QED) is 0.434. The predicted molar refractivity (Wildman–Crippen MR) is 120 cm³/mol. The molecule has 2 N–H and O–H groups in total. The van der Waals surface area contributed by atoms with E-state index in [4.69, 9.17) is 23.9 Å². The molecule has 0 aliphatic rings. The van der Waals surface area contributed by atoms with Crippen LogP contribution in [0.5, 0.6) is 23.0 Å². The minimum Gasteiger partial charge on any atom is -0.497 e. The first-order valence-electron chi connectivity index (χ1n) is 10.1. The zero-order chi connectivity index (χ0) is 21.8. The van der Waals surface area contributed by atoms with Gasteiger partial charge in [-0.1, -0.05) is 12.1 Å². The summed E-state index contributed by atoms with van der Waals surface area (Å²) < 4.78 is 21.5. The first-order valence-corrected chi connectivity index (χ1v) is 10.1. The van der Waals surface area contributed by atoms with E-state index in [2.05, 4.69) is 29.7 Å². The van der Waals surface area contributed by atoms with Crippen LogP contribution in [0.15, 0.2) is 41.4 Å². The Balaban J connectivity index is 1.97. The molecule has 0 fully saturated rings. The fourth-order valence-electron chi connectivity index (χ4n) is 3.06. The topological polar surface area (TPSA) is 73.3 Å². The van der Waals surface area contributed by atoms with Crippen molar-refractivity contribution in [1.29, 1.82) is 0 Å². The van der Waals surface area contributed by atoms with Gasteiger partial charge >= 0.3 is 0 Å². The third kappa shape index (κ3) is 6.76. The van der Waals surface area contributed by atoms with Gasteiger partial charge in [-0.05, 0) is 37.5 Å². The second kappa shape index (κ2) is 12.5. The molecule has 0 saturated carbocycles. The van der Waals surface area contributed by atoms with Crippen molar-refractivity contribution in [1.82, 2.24) is 10.6 Å². The van der Waals surface area contributed by atoms with Crippen LogP contribution in [0.1, 0.15) is 18.1 Å². The van der Waals surface area contributed by atoms with E-state index in [1.165, 1.54) is 5.56 Å². The lowest BCUT2D eigenvalue weighted by molar-refractivity contribution is 0.369. The third-order valence-corrected chi connectivity index (χ3v) is 4.66. The zero-order valence-electron chi connectivity index (χ0n) is 18.6. The highest BCUT2D eigenvalue weighted by molar-refractivity contribution is 5.79. The van der Waals surface area contributed by atoms with Crippen molar-refractivity contribution in [3.63, 3.8) is 0 Å². The first-order chi connectivity index (χ1) is 14.6.